The predicted octanol–water partition coefficient (Wildman–Crippen LogP) is 5.81. The van der Waals surface area contributed by atoms with E-state index in [9.17, 15) is 0 Å². The van der Waals surface area contributed by atoms with Crippen LogP contribution < -0.4 is 4.74 Å². The minimum Gasteiger partial charge on any atom is -0.497 e. The molecule has 0 aliphatic rings. The van der Waals surface area contributed by atoms with Crippen molar-refractivity contribution in [3.63, 3.8) is 0 Å². The quantitative estimate of drug-likeness (QED) is 0.588. The van der Waals surface area contributed by atoms with E-state index in [4.69, 9.17) is 27.9 Å². The minimum atomic E-state index is 0.606. The summed E-state index contributed by atoms with van der Waals surface area (Å²) in [7, 11) is 1.66. The third-order valence-electron chi connectivity index (χ3n) is 2.68. The fourth-order valence-electron chi connectivity index (χ4n) is 1.67. The first kappa shape index (κ1) is 15.8. The molecule has 0 unspecified atom stereocenters. The smallest absolute Gasteiger partial charge is 0.183 e. The van der Waals surface area contributed by atoms with Crippen LogP contribution in [0.15, 0.2) is 60.1 Å². The fraction of sp³-hybridized carbons (Fsp3) is 0.0625. The van der Waals surface area contributed by atoms with Crippen molar-refractivity contribution in [3.8, 4) is 16.9 Å². The predicted molar refractivity (Wildman–Crippen MR) is 90.6 cm³/mol. The molecule has 5 heteroatoms. The second-order valence-electron chi connectivity index (χ2n) is 3.99. The summed E-state index contributed by atoms with van der Waals surface area (Å²) in [6.07, 6.45) is 1.67. The van der Waals surface area contributed by atoms with Crippen molar-refractivity contribution in [2.45, 2.75) is 0 Å². The van der Waals surface area contributed by atoms with Gasteiger partial charge in [0.1, 0.15) is 5.75 Å². The second-order valence-corrected chi connectivity index (χ2v) is 5.88. The first-order chi connectivity index (χ1) is 10.2. The van der Waals surface area contributed by atoms with Crippen molar-refractivity contribution in [1.82, 2.24) is 4.98 Å². The van der Waals surface area contributed by atoms with Crippen molar-refractivity contribution >= 4 is 34.5 Å². The number of hydrogen-bond acceptors (Lipinski definition) is 3. The number of nitrogens with zero attached hydrogens (tertiary/aromatic N) is 1. The van der Waals surface area contributed by atoms with Gasteiger partial charge in [-0.05, 0) is 23.8 Å². The molecular weight excluding hydrogens is 325 g/mol. The number of methoxy groups -OCH3 is 1. The van der Waals surface area contributed by atoms with Crippen LogP contribution in [0.5, 0.6) is 5.75 Å². The summed E-state index contributed by atoms with van der Waals surface area (Å²) in [5.74, 6) is 0.853. The normalized spacial score (nSPS) is 9.67. The van der Waals surface area contributed by atoms with E-state index in [1.54, 1.807) is 13.3 Å². The van der Waals surface area contributed by atoms with Crippen LogP contribution in [0.3, 0.4) is 0 Å². The number of benzene rings is 2. The number of rotatable bonds is 2. The average molecular weight is 338 g/mol. The molecule has 0 bridgehead atoms. The van der Waals surface area contributed by atoms with E-state index >= 15 is 0 Å². The van der Waals surface area contributed by atoms with Gasteiger partial charge in [0.05, 0.1) is 7.11 Å². The Bertz CT molecular complexity index is 669. The van der Waals surface area contributed by atoms with Crippen LogP contribution in [0.25, 0.3) is 11.1 Å². The van der Waals surface area contributed by atoms with E-state index in [1.165, 1.54) is 11.3 Å². The number of aromatic nitrogens is 1. The lowest BCUT2D eigenvalue weighted by molar-refractivity contribution is 0.415. The van der Waals surface area contributed by atoms with Crippen LogP contribution in [0.2, 0.25) is 9.49 Å². The highest BCUT2D eigenvalue weighted by atomic mass is 35.5. The van der Waals surface area contributed by atoms with Crippen LogP contribution in [-0.4, -0.2) is 12.1 Å². The molecule has 1 aromatic heterocycles. The van der Waals surface area contributed by atoms with Gasteiger partial charge >= 0.3 is 0 Å². The molecule has 0 spiro atoms. The Morgan fingerprint density at radius 1 is 1.00 bits per heavy atom. The molecule has 1 heterocycles. The van der Waals surface area contributed by atoms with Gasteiger partial charge in [-0.2, -0.15) is 0 Å². The summed E-state index contributed by atoms with van der Waals surface area (Å²) in [6, 6.07) is 15.7. The molecule has 108 valence electrons. The maximum absolute atomic E-state index is 6.10. The van der Waals surface area contributed by atoms with Crippen molar-refractivity contribution in [2.24, 2.45) is 0 Å². The van der Waals surface area contributed by atoms with Gasteiger partial charge in [0.15, 0.2) is 4.47 Å². The lowest BCUT2D eigenvalue weighted by atomic mass is 10.1. The lowest BCUT2D eigenvalue weighted by Gasteiger charge is -2.05. The average Bonchev–Trinajstić information content (AvgIpc) is 3.00. The molecule has 0 radical (unpaired) electrons. The van der Waals surface area contributed by atoms with Gasteiger partial charge in [0, 0.05) is 22.2 Å². The molecule has 0 aliphatic heterocycles. The van der Waals surface area contributed by atoms with Crippen molar-refractivity contribution in [3.05, 3.63) is 69.6 Å². The molecule has 0 amide bonds. The SMILES string of the molecule is COc1ccc(-c2ccccc2Cl)cc1.Clc1nccs1. The zero-order valence-corrected chi connectivity index (χ0v) is 13.6. The van der Waals surface area contributed by atoms with Gasteiger partial charge in [-0.1, -0.05) is 53.5 Å². The summed E-state index contributed by atoms with van der Waals surface area (Å²) in [5, 5.41) is 2.60. The van der Waals surface area contributed by atoms with E-state index in [0.29, 0.717) is 4.47 Å². The molecule has 0 saturated carbocycles. The molecule has 3 rings (SSSR count). The summed E-state index contributed by atoms with van der Waals surface area (Å²) in [6.45, 7) is 0. The molecule has 0 aliphatic carbocycles. The molecular formula is C16H13Cl2NOS. The van der Waals surface area contributed by atoms with E-state index in [0.717, 1.165) is 21.9 Å². The summed E-state index contributed by atoms with van der Waals surface area (Å²) in [4.78, 5) is 3.70. The molecule has 0 fully saturated rings. The zero-order valence-electron chi connectivity index (χ0n) is 11.3. The largest absolute Gasteiger partial charge is 0.497 e. The third-order valence-corrected chi connectivity index (χ3v) is 3.93. The van der Waals surface area contributed by atoms with Crippen molar-refractivity contribution < 1.29 is 4.74 Å². The highest BCUT2D eigenvalue weighted by molar-refractivity contribution is 7.13. The van der Waals surface area contributed by atoms with Crippen molar-refractivity contribution in [2.75, 3.05) is 7.11 Å². The topological polar surface area (TPSA) is 22.1 Å². The van der Waals surface area contributed by atoms with Gasteiger partial charge in [-0.25, -0.2) is 4.98 Å². The van der Waals surface area contributed by atoms with Crippen LogP contribution in [0.4, 0.5) is 0 Å². The molecule has 0 saturated heterocycles. The van der Waals surface area contributed by atoms with Gasteiger partial charge in [-0.3, -0.25) is 0 Å². The zero-order chi connectivity index (χ0) is 15.1. The molecule has 21 heavy (non-hydrogen) atoms. The van der Waals surface area contributed by atoms with E-state index < -0.39 is 0 Å². The van der Waals surface area contributed by atoms with Gasteiger partial charge < -0.3 is 4.74 Å². The Hall–Kier alpha value is -1.55. The standard InChI is InChI=1S/C13H11ClO.C3H2ClNS/c1-15-11-8-6-10(7-9-11)12-4-2-3-5-13(12)14;4-3-5-1-2-6-3/h2-9H,1H3;1-2H. The van der Waals surface area contributed by atoms with Gasteiger partial charge in [0.2, 0.25) is 0 Å². The summed E-state index contributed by atoms with van der Waals surface area (Å²) in [5.41, 5.74) is 2.14. The molecule has 2 nitrogen and oxygen atoms in total. The Kier molecular flexibility index (Phi) is 6.05. The van der Waals surface area contributed by atoms with Crippen LogP contribution in [0, 0.1) is 0 Å². The maximum atomic E-state index is 6.10. The van der Waals surface area contributed by atoms with Crippen LogP contribution in [0.1, 0.15) is 0 Å². The first-order valence-electron chi connectivity index (χ1n) is 6.14. The minimum absolute atomic E-state index is 0.606. The number of hydrogen-bond donors (Lipinski definition) is 0. The number of thiazole rings is 1. The van der Waals surface area contributed by atoms with Gasteiger partial charge in [0.25, 0.3) is 0 Å². The number of ether oxygens (including phenoxy) is 1. The maximum Gasteiger partial charge on any atom is 0.183 e. The number of halogens is 2. The second kappa shape index (κ2) is 8.03. The third kappa shape index (κ3) is 4.74. The van der Waals surface area contributed by atoms with Gasteiger partial charge in [-0.15, -0.1) is 11.3 Å². The summed E-state index contributed by atoms with van der Waals surface area (Å²) < 4.78 is 5.71. The van der Waals surface area contributed by atoms with Crippen LogP contribution in [-0.2, 0) is 0 Å². The van der Waals surface area contributed by atoms with E-state index in [2.05, 4.69) is 4.98 Å². The first-order valence-corrected chi connectivity index (χ1v) is 7.78. The van der Waals surface area contributed by atoms with E-state index in [-0.39, 0.29) is 0 Å². The molecule has 0 N–H and O–H groups in total. The van der Waals surface area contributed by atoms with Crippen molar-refractivity contribution in [1.29, 1.82) is 0 Å². The highest BCUT2D eigenvalue weighted by Gasteiger charge is 2.01. The molecule has 0 atom stereocenters. The Morgan fingerprint density at radius 3 is 2.19 bits per heavy atom. The van der Waals surface area contributed by atoms with E-state index in [1.807, 2.05) is 53.9 Å². The monoisotopic (exact) mass is 337 g/mol. The summed E-state index contributed by atoms with van der Waals surface area (Å²) >= 11 is 12.9. The Labute approximate surface area is 137 Å². The van der Waals surface area contributed by atoms with Crippen LogP contribution >= 0.6 is 34.5 Å². The highest BCUT2D eigenvalue weighted by Crippen LogP contribution is 2.28. The molecule has 3 aromatic rings. The molecule has 2 aromatic carbocycles. The lowest BCUT2D eigenvalue weighted by Crippen LogP contribution is -1.83. The Morgan fingerprint density at radius 2 is 1.71 bits per heavy atom. The fourth-order valence-corrected chi connectivity index (χ4v) is 2.48. The Balaban J connectivity index is 0.000000225.